The van der Waals surface area contributed by atoms with Gasteiger partial charge in [-0.05, 0) is 60.7 Å². The van der Waals surface area contributed by atoms with Gasteiger partial charge in [0.2, 0.25) is 5.78 Å². The van der Waals surface area contributed by atoms with E-state index in [0.29, 0.717) is 16.3 Å². The van der Waals surface area contributed by atoms with Crippen LogP contribution in [-0.4, -0.2) is 38.1 Å². The number of halogens is 1. The van der Waals surface area contributed by atoms with Gasteiger partial charge in [0.05, 0.1) is 16.5 Å². The van der Waals surface area contributed by atoms with E-state index in [2.05, 4.69) is 0 Å². The highest BCUT2D eigenvalue weighted by Gasteiger charge is 2.39. The van der Waals surface area contributed by atoms with Crippen molar-refractivity contribution >= 4 is 39.1 Å². The maximum Gasteiger partial charge on any atom is 0.349 e. The van der Waals surface area contributed by atoms with Crippen molar-refractivity contribution in [2.45, 2.75) is 4.90 Å². The first-order valence-corrected chi connectivity index (χ1v) is 12.0. The summed E-state index contributed by atoms with van der Waals surface area (Å²) in [5.74, 6) is -1.38. The number of carbonyl (C=O) groups excluding carboxylic acids is 2. The summed E-state index contributed by atoms with van der Waals surface area (Å²) in [6.45, 7) is -0.498. The van der Waals surface area contributed by atoms with Crippen LogP contribution in [0.2, 0.25) is 5.02 Å². The second-order valence-electron chi connectivity index (χ2n) is 7.38. The molecule has 1 aliphatic rings. The molecule has 3 aromatic carbocycles. The number of rotatable bonds is 6. The molecular formula is C25H17ClN2O6S. The molecule has 0 bridgehead atoms. The third-order valence-corrected chi connectivity index (χ3v) is 7.25. The summed E-state index contributed by atoms with van der Waals surface area (Å²) in [4.78, 5) is 26.0. The van der Waals surface area contributed by atoms with Crippen LogP contribution in [0, 0.1) is 11.3 Å². The summed E-state index contributed by atoms with van der Waals surface area (Å²) in [6.07, 6.45) is 0. The molecule has 176 valence electrons. The van der Waals surface area contributed by atoms with Crippen molar-refractivity contribution in [3.8, 4) is 11.8 Å². The third-order valence-electron chi connectivity index (χ3n) is 5.18. The number of nitriles is 1. The first-order chi connectivity index (χ1) is 16.7. The lowest BCUT2D eigenvalue weighted by Gasteiger charge is -2.30. The molecule has 0 spiro atoms. The molecule has 3 aromatic rings. The number of benzene rings is 3. The summed E-state index contributed by atoms with van der Waals surface area (Å²) >= 11 is 5.85. The largest absolute Gasteiger partial charge is 0.482 e. The fourth-order valence-electron chi connectivity index (χ4n) is 3.42. The average molecular weight is 509 g/mol. The fourth-order valence-corrected chi connectivity index (χ4v) is 4.93. The molecule has 0 radical (unpaired) electrons. The first kappa shape index (κ1) is 24.0. The van der Waals surface area contributed by atoms with Gasteiger partial charge in [-0.1, -0.05) is 23.7 Å². The van der Waals surface area contributed by atoms with Crippen molar-refractivity contribution in [1.82, 2.24) is 4.31 Å². The maximum atomic E-state index is 13.4. The topological polar surface area (TPSA) is 114 Å². The Balaban J connectivity index is 1.74. The number of sulfonamides is 1. The van der Waals surface area contributed by atoms with Crippen LogP contribution in [0.25, 0.3) is 5.76 Å². The normalized spacial score (nSPS) is 14.0. The van der Waals surface area contributed by atoms with Crippen molar-refractivity contribution in [3.05, 3.63) is 100 Å². The van der Waals surface area contributed by atoms with Crippen LogP contribution in [0.1, 0.15) is 21.5 Å². The lowest BCUT2D eigenvalue weighted by molar-refractivity contribution is -0.139. The van der Waals surface area contributed by atoms with Gasteiger partial charge < -0.3 is 9.47 Å². The summed E-state index contributed by atoms with van der Waals surface area (Å²) < 4.78 is 38.0. The monoisotopic (exact) mass is 508 g/mol. The molecule has 0 aromatic heterocycles. The van der Waals surface area contributed by atoms with Gasteiger partial charge in [-0.2, -0.15) is 5.26 Å². The molecule has 0 atom stereocenters. The Morgan fingerprint density at radius 2 is 1.66 bits per heavy atom. The number of esters is 1. The molecule has 0 saturated carbocycles. The Labute approximate surface area is 206 Å². The van der Waals surface area contributed by atoms with Crippen LogP contribution in [0.4, 0.5) is 0 Å². The van der Waals surface area contributed by atoms with Gasteiger partial charge in [0.25, 0.3) is 10.0 Å². The second kappa shape index (κ2) is 9.62. The predicted molar refractivity (Wildman–Crippen MR) is 127 cm³/mol. The minimum Gasteiger partial charge on any atom is -0.482 e. The van der Waals surface area contributed by atoms with Gasteiger partial charge in [-0.15, -0.1) is 0 Å². The number of ether oxygens (including phenoxy) is 2. The van der Waals surface area contributed by atoms with E-state index in [0.717, 1.165) is 4.31 Å². The van der Waals surface area contributed by atoms with Crippen molar-refractivity contribution < 1.29 is 27.5 Å². The van der Waals surface area contributed by atoms with Gasteiger partial charge in [0, 0.05) is 23.2 Å². The highest BCUT2D eigenvalue weighted by atomic mass is 35.5. The zero-order chi connectivity index (χ0) is 25.2. The van der Waals surface area contributed by atoms with Gasteiger partial charge >= 0.3 is 5.97 Å². The first-order valence-electron chi connectivity index (χ1n) is 10.2. The summed E-state index contributed by atoms with van der Waals surface area (Å²) in [5, 5.41) is 9.51. The minimum absolute atomic E-state index is 0.0717. The second-order valence-corrected chi connectivity index (χ2v) is 9.76. The van der Waals surface area contributed by atoms with Crippen LogP contribution in [-0.2, 0) is 19.6 Å². The van der Waals surface area contributed by atoms with E-state index in [1.165, 1.54) is 49.5 Å². The van der Waals surface area contributed by atoms with Gasteiger partial charge in [-0.3, -0.25) is 9.10 Å². The van der Waals surface area contributed by atoms with Crippen molar-refractivity contribution in [1.29, 1.82) is 5.26 Å². The van der Waals surface area contributed by atoms with Crippen molar-refractivity contribution in [2.75, 3.05) is 13.7 Å². The number of carbonyl (C=O) groups is 2. The van der Waals surface area contributed by atoms with Gasteiger partial charge in [-0.25, -0.2) is 13.2 Å². The number of ketones is 1. The van der Waals surface area contributed by atoms with E-state index in [9.17, 15) is 18.0 Å². The van der Waals surface area contributed by atoms with Crippen molar-refractivity contribution in [3.63, 3.8) is 0 Å². The van der Waals surface area contributed by atoms with E-state index in [4.69, 9.17) is 26.3 Å². The maximum absolute atomic E-state index is 13.4. The highest BCUT2D eigenvalue weighted by Crippen LogP contribution is 2.38. The Bertz CT molecular complexity index is 1490. The molecule has 0 aliphatic carbocycles. The van der Waals surface area contributed by atoms with E-state index < -0.39 is 28.4 Å². The van der Waals surface area contributed by atoms with E-state index in [-0.39, 0.29) is 27.5 Å². The minimum atomic E-state index is -4.10. The van der Waals surface area contributed by atoms with Gasteiger partial charge in [0.1, 0.15) is 11.4 Å². The number of Topliss-reactive ketones (excluding diaryl/α,β-unsaturated/α-hetero) is 1. The molecule has 4 rings (SSSR count). The number of fused-ring (bicyclic) bond motifs is 1. The van der Waals surface area contributed by atoms with Crippen LogP contribution in [0.5, 0.6) is 5.75 Å². The Morgan fingerprint density at radius 3 is 2.31 bits per heavy atom. The summed E-state index contributed by atoms with van der Waals surface area (Å²) in [6, 6.07) is 19.9. The van der Waals surface area contributed by atoms with Crippen LogP contribution in [0.3, 0.4) is 0 Å². The number of hydrogen-bond acceptors (Lipinski definition) is 7. The summed E-state index contributed by atoms with van der Waals surface area (Å²) in [7, 11) is -2.89. The Hall–Kier alpha value is -4.13. The molecule has 1 heterocycles. The van der Waals surface area contributed by atoms with E-state index in [1.807, 2.05) is 6.07 Å². The molecule has 0 N–H and O–H groups in total. The lowest BCUT2D eigenvalue weighted by atomic mass is 10.0. The quantitative estimate of drug-likeness (QED) is 0.365. The number of nitrogens with zero attached hydrogens (tertiary/aromatic N) is 2. The fraction of sp³-hybridized carbons (Fsp3) is 0.0800. The number of allylic oxidation sites excluding steroid dienone is 1. The van der Waals surface area contributed by atoms with Crippen LogP contribution >= 0.6 is 11.6 Å². The zero-order valence-corrected chi connectivity index (χ0v) is 19.8. The molecule has 35 heavy (non-hydrogen) atoms. The Morgan fingerprint density at radius 1 is 1.00 bits per heavy atom. The molecule has 0 saturated heterocycles. The van der Waals surface area contributed by atoms with Gasteiger partial charge in [0.15, 0.2) is 12.4 Å². The van der Waals surface area contributed by atoms with Crippen LogP contribution < -0.4 is 4.74 Å². The number of hydrogen-bond donors (Lipinski definition) is 0. The SMILES string of the molecule is CN1C(C(=O)c2ccc(C#N)cc2)=C(OC(=O)COc2ccc(Cl)cc2)c2ccccc2S1(=O)=O. The van der Waals surface area contributed by atoms with Crippen LogP contribution in [0.15, 0.2) is 83.4 Å². The van der Waals surface area contributed by atoms with Crippen molar-refractivity contribution in [2.24, 2.45) is 0 Å². The smallest absolute Gasteiger partial charge is 0.349 e. The molecule has 0 fully saturated rings. The average Bonchev–Trinajstić information content (AvgIpc) is 2.87. The summed E-state index contributed by atoms with van der Waals surface area (Å²) in [5.41, 5.74) is 0.179. The van der Waals surface area contributed by atoms with E-state index in [1.54, 1.807) is 30.3 Å². The Kier molecular flexibility index (Phi) is 6.60. The standard InChI is InChI=1S/C25H17ClN2O6S/c1-28-23(24(30)17-8-6-16(14-27)7-9-17)25(20-4-2-3-5-21(20)35(28,31)32)34-22(29)15-33-19-12-10-18(26)11-13-19/h2-13H,15H2,1H3. The molecule has 0 amide bonds. The molecule has 10 heteroatoms. The third kappa shape index (κ3) is 4.75. The molecule has 8 nitrogen and oxygen atoms in total. The molecular weight excluding hydrogens is 492 g/mol. The number of likely N-dealkylation sites (N-methyl/N-ethyl adjacent to an activating group) is 1. The highest BCUT2D eigenvalue weighted by molar-refractivity contribution is 7.89. The molecule has 1 aliphatic heterocycles. The molecule has 0 unspecified atom stereocenters. The predicted octanol–water partition coefficient (Wildman–Crippen LogP) is 4.02. The lowest BCUT2D eigenvalue weighted by Crippen LogP contribution is -2.36. The van der Waals surface area contributed by atoms with E-state index >= 15 is 0 Å². The zero-order valence-electron chi connectivity index (χ0n) is 18.3.